The number of halogens is 1. The van der Waals surface area contributed by atoms with Crippen LogP contribution in [0.25, 0.3) is 0 Å². The van der Waals surface area contributed by atoms with Gasteiger partial charge < -0.3 is 5.32 Å². The van der Waals surface area contributed by atoms with Crippen molar-refractivity contribution in [1.82, 2.24) is 10.3 Å². The Morgan fingerprint density at radius 1 is 1.47 bits per heavy atom. The molecular weight excluding hydrogens is 243 g/mol. The number of hydrogen-bond donors (Lipinski definition) is 1. The highest BCUT2D eigenvalue weighted by Crippen LogP contribution is 2.37. The summed E-state index contributed by atoms with van der Waals surface area (Å²) >= 11 is 0. The summed E-state index contributed by atoms with van der Waals surface area (Å²) in [5.74, 6) is -0.884. The molecule has 0 aliphatic heterocycles. The fraction of sp³-hybridized carbons (Fsp3) is 0.467. The maximum atomic E-state index is 13.7. The first kappa shape index (κ1) is 13.7. The van der Waals surface area contributed by atoms with E-state index in [0.717, 1.165) is 31.4 Å². The number of nitrogens with one attached hydrogen (secondary N) is 1. The van der Waals surface area contributed by atoms with Crippen molar-refractivity contribution in [2.45, 2.75) is 32.6 Å². The zero-order valence-corrected chi connectivity index (χ0v) is 11.2. The van der Waals surface area contributed by atoms with Gasteiger partial charge in [-0.1, -0.05) is 6.07 Å². The quantitative estimate of drug-likeness (QED) is 0.632. The molecule has 1 aliphatic carbocycles. The molecule has 1 amide bonds. The van der Waals surface area contributed by atoms with Crippen LogP contribution in [0.5, 0.6) is 0 Å². The predicted molar refractivity (Wildman–Crippen MR) is 72.1 cm³/mol. The van der Waals surface area contributed by atoms with Gasteiger partial charge in [-0.3, -0.25) is 9.78 Å². The number of nitrogens with zero attached hydrogens (tertiary/aromatic N) is 1. The molecule has 3 nitrogen and oxygen atoms in total. The van der Waals surface area contributed by atoms with Gasteiger partial charge in [-0.05, 0) is 56.2 Å². The fourth-order valence-electron chi connectivity index (χ4n) is 1.97. The Morgan fingerprint density at radius 3 is 2.89 bits per heavy atom. The number of aromatic nitrogens is 1. The minimum atomic E-state index is -0.597. The van der Waals surface area contributed by atoms with E-state index in [9.17, 15) is 9.18 Å². The fourth-order valence-corrected chi connectivity index (χ4v) is 1.97. The largest absolute Gasteiger partial charge is 0.350 e. The summed E-state index contributed by atoms with van der Waals surface area (Å²) in [6.45, 7) is 2.18. The van der Waals surface area contributed by atoms with Crippen molar-refractivity contribution >= 4 is 5.91 Å². The molecule has 102 valence electrons. The normalized spacial score (nSPS) is 15.9. The molecule has 0 unspecified atom stereocenters. The first-order valence-electron chi connectivity index (χ1n) is 6.73. The van der Waals surface area contributed by atoms with Gasteiger partial charge in [0.25, 0.3) is 5.91 Å². The first-order valence-corrected chi connectivity index (χ1v) is 6.73. The van der Waals surface area contributed by atoms with Crippen LogP contribution in [0.4, 0.5) is 4.39 Å². The number of hydrogen-bond acceptors (Lipinski definition) is 2. The SMILES string of the molecule is CC(=C(F)C(=O)NCCCc1ccccn1)C1CC1. The van der Waals surface area contributed by atoms with Crippen LogP contribution in [-0.4, -0.2) is 17.4 Å². The molecule has 0 spiro atoms. The molecule has 0 aromatic carbocycles. The van der Waals surface area contributed by atoms with E-state index in [1.165, 1.54) is 0 Å². The lowest BCUT2D eigenvalue weighted by atomic mass is 10.1. The third kappa shape index (κ3) is 4.16. The third-order valence-corrected chi connectivity index (χ3v) is 3.36. The molecule has 2 rings (SSSR count). The van der Waals surface area contributed by atoms with Crippen molar-refractivity contribution in [3.05, 3.63) is 41.5 Å². The molecule has 1 saturated carbocycles. The van der Waals surface area contributed by atoms with E-state index >= 15 is 0 Å². The predicted octanol–water partition coefficient (Wildman–Crippen LogP) is 2.78. The zero-order valence-electron chi connectivity index (χ0n) is 11.2. The molecule has 0 saturated heterocycles. The van der Waals surface area contributed by atoms with Gasteiger partial charge in [-0.25, -0.2) is 4.39 Å². The molecule has 0 atom stereocenters. The van der Waals surface area contributed by atoms with E-state index in [-0.39, 0.29) is 0 Å². The number of aryl methyl sites for hydroxylation is 1. The van der Waals surface area contributed by atoms with E-state index in [1.54, 1.807) is 13.1 Å². The Kier molecular flexibility index (Phi) is 4.66. The van der Waals surface area contributed by atoms with Gasteiger partial charge >= 0.3 is 0 Å². The summed E-state index contributed by atoms with van der Waals surface area (Å²) in [5.41, 5.74) is 1.59. The van der Waals surface area contributed by atoms with Gasteiger partial charge in [-0.15, -0.1) is 0 Å². The summed E-state index contributed by atoms with van der Waals surface area (Å²) < 4.78 is 13.7. The summed E-state index contributed by atoms with van der Waals surface area (Å²) in [4.78, 5) is 15.8. The van der Waals surface area contributed by atoms with Gasteiger partial charge in [-0.2, -0.15) is 0 Å². The average Bonchev–Trinajstić information content (AvgIpc) is 3.27. The van der Waals surface area contributed by atoms with Crippen molar-refractivity contribution in [2.24, 2.45) is 5.92 Å². The smallest absolute Gasteiger partial charge is 0.279 e. The highest BCUT2D eigenvalue weighted by Gasteiger charge is 2.27. The van der Waals surface area contributed by atoms with Crippen molar-refractivity contribution in [3.63, 3.8) is 0 Å². The first-order chi connectivity index (χ1) is 9.18. The Balaban J connectivity index is 1.71. The third-order valence-electron chi connectivity index (χ3n) is 3.36. The minimum Gasteiger partial charge on any atom is -0.350 e. The molecule has 1 aromatic rings. The van der Waals surface area contributed by atoms with Crippen LogP contribution in [0.2, 0.25) is 0 Å². The van der Waals surface area contributed by atoms with E-state index in [0.29, 0.717) is 18.0 Å². The van der Waals surface area contributed by atoms with Crippen LogP contribution in [-0.2, 0) is 11.2 Å². The molecule has 0 bridgehead atoms. The summed E-state index contributed by atoms with van der Waals surface area (Å²) in [7, 11) is 0. The van der Waals surface area contributed by atoms with E-state index in [2.05, 4.69) is 10.3 Å². The summed E-state index contributed by atoms with van der Waals surface area (Å²) in [6, 6.07) is 5.74. The van der Waals surface area contributed by atoms with Gasteiger partial charge in [0.15, 0.2) is 5.83 Å². The highest BCUT2D eigenvalue weighted by molar-refractivity contribution is 5.91. The topological polar surface area (TPSA) is 42.0 Å². The average molecular weight is 262 g/mol. The van der Waals surface area contributed by atoms with Gasteiger partial charge in [0.05, 0.1) is 0 Å². The standard InChI is InChI=1S/C15H19FN2O/c1-11(12-7-8-12)14(16)15(19)18-10-4-6-13-5-2-3-9-17-13/h2-3,5,9,12H,4,6-8,10H2,1H3,(H,18,19). The number of carbonyl (C=O) groups is 1. The molecule has 1 aliphatic rings. The lowest BCUT2D eigenvalue weighted by Gasteiger charge is -2.05. The van der Waals surface area contributed by atoms with E-state index in [4.69, 9.17) is 0 Å². The molecule has 1 N–H and O–H groups in total. The molecule has 19 heavy (non-hydrogen) atoms. The number of rotatable bonds is 6. The molecular formula is C15H19FN2O. The second-order valence-corrected chi connectivity index (χ2v) is 4.95. The lowest BCUT2D eigenvalue weighted by Crippen LogP contribution is -2.25. The monoisotopic (exact) mass is 262 g/mol. The maximum Gasteiger partial charge on any atom is 0.279 e. The van der Waals surface area contributed by atoms with E-state index in [1.807, 2.05) is 18.2 Å². The minimum absolute atomic E-state index is 0.291. The number of carbonyl (C=O) groups excluding carboxylic acids is 1. The molecule has 1 aromatic heterocycles. The summed E-state index contributed by atoms with van der Waals surface area (Å²) in [6.07, 6.45) is 5.31. The Morgan fingerprint density at radius 2 is 2.26 bits per heavy atom. The van der Waals surface area contributed by atoms with Crippen molar-refractivity contribution < 1.29 is 9.18 Å². The van der Waals surface area contributed by atoms with Crippen LogP contribution in [0.15, 0.2) is 35.8 Å². The molecule has 4 heteroatoms. The van der Waals surface area contributed by atoms with Gasteiger partial charge in [0, 0.05) is 18.4 Å². The van der Waals surface area contributed by atoms with Crippen LogP contribution in [0.3, 0.4) is 0 Å². The molecule has 1 heterocycles. The Labute approximate surface area is 112 Å². The van der Waals surface area contributed by atoms with Crippen LogP contribution in [0.1, 0.15) is 31.9 Å². The van der Waals surface area contributed by atoms with Gasteiger partial charge in [0.2, 0.25) is 0 Å². The van der Waals surface area contributed by atoms with Crippen molar-refractivity contribution in [1.29, 1.82) is 0 Å². The number of amides is 1. The molecule has 1 fully saturated rings. The Bertz CT molecular complexity index is 466. The number of allylic oxidation sites excluding steroid dienone is 1. The maximum absolute atomic E-state index is 13.7. The van der Waals surface area contributed by atoms with E-state index < -0.39 is 11.7 Å². The van der Waals surface area contributed by atoms with Gasteiger partial charge in [0.1, 0.15) is 0 Å². The van der Waals surface area contributed by atoms with Crippen LogP contribution in [0, 0.1) is 5.92 Å². The van der Waals surface area contributed by atoms with Crippen molar-refractivity contribution in [2.75, 3.05) is 6.54 Å². The lowest BCUT2D eigenvalue weighted by molar-refractivity contribution is -0.119. The Hall–Kier alpha value is -1.71. The second kappa shape index (κ2) is 6.45. The van der Waals surface area contributed by atoms with Crippen molar-refractivity contribution in [3.8, 4) is 0 Å². The second-order valence-electron chi connectivity index (χ2n) is 4.95. The summed E-state index contributed by atoms with van der Waals surface area (Å²) in [5, 5.41) is 2.62. The number of pyridine rings is 1. The van der Waals surface area contributed by atoms with Crippen LogP contribution >= 0.6 is 0 Å². The highest BCUT2D eigenvalue weighted by atomic mass is 19.1. The van der Waals surface area contributed by atoms with Crippen LogP contribution < -0.4 is 5.32 Å². The zero-order chi connectivity index (χ0) is 13.7. The molecule has 0 radical (unpaired) electrons.